The largest absolute Gasteiger partial charge is 0.494 e. The maximum Gasteiger partial charge on any atom is 0.262 e. The first-order valence-corrected chi connectivity index (χ1v) is 8.67. The van der Waals surface area contributed by atoms with E-state index in [9.17, 15) is 12.8 Å². The van der Waals surface area contributed by atoms with Crippen molar-refractivity contribution in [3.05, 3.63) is 48.3 Å². The molecule has 21 heavy (non-hydrogen) atoms. The number of benzene rings is 2. The van der Waals surface area contributed by atoms with Crippen LogP contribution in [0, 0.1) is 5.82 Å². The van der Waals surface area contributed by atoms with E-state index in [4.69, 9.17) is 4.74 Å². The lowest BCUT2D eigenvalue weighted by molar-refractivity contribution is 0.385. The second-order valence-electron chi connectivity index (χ2n) is 4.13. The van der Waals surface area contributed by atoms with Crippen LogP contribution in [0.5, 0.6) is 5.75 Å². The Labute approximate surface area is 127 Å². The molecule has 0 bridgehead atoms. The number of thioether (sulfide) groups is 1. The van der Waals surface area contributed by atoms with Gasteiger partial charge >= 0.3 is 0 Å². The van der Waals surface area contributed by atoms with Gasteiger partial charge in [0.05, 0.1) is 12.0 Å². The second kappa shape index (κ2) is 6.36. The van der Waals surface area contributed by atoms with Crippen molar-refractivity contribution in [1.82, 2.24) is 0 Å². The quantitative estimate of drug-likeness (QED) is 0.856. The van der Waals surface area contributed by atoms with E-state index in [1.54, 1.807) is 18.2 Å². The van der Waals surface area contributed by atoms with Gasteiger partial charge in [0.1, 0.15) is 0 Å². The van der Waals surface area contributed by atoms with Crippen molar-refractivity contribution in [2.24, 2.45) is 0 Å². The average molecular weight is 327 g/mol. The Morgan fingerprint density at radius 3 is 2.57 bits per heavy atom. The average Bonchev–Trinajstić information content (AvgIpc) is 2.47. The van der Waals surface area contributed by atoms with Crippen LogP contribution in [0.15, 0.2) is 52.3 Å². The van der Waals surface area contributed by atoms with E-state index in [1.165, 1.54) is 31.0 Å². The summed E-state index contributed by atoms with van der Waals surface area (Å²) in [6.45, 7) is 0. The SMILES string of the molecule is COc1ccc(S(=O)(=O)Nc2cccc(SC)c2)cc1F. The third kappa shape index (κ3) is 3.68. The molecule has 112 valence electrons. The third-order valence-electron chi connectivity index (χ3n) is 2.76. The van der Waals surface area contributed by atoms with E-state index >= 15 is 0 Å². The van der Waals surface area contributed by atoms with Gasteiger partial charge in [0.2, 0.25) is 0 Å². The molecule has 0 fully saturated rings. The van der Waals surface area contributed by atoms with Gasteiger partial charge in [-0.1, -0.05) is 6.07 Å². The minimum absolute atomic E-state index is 0.00155. The van der Waals surface area contributed by atoms with Crippen LogP contribution < -0.4 is 9.46 Å². The van der Waals surface area contributed by atoms with Gasteiger partial charge in [-0.2, -0.15) is 0 Å². The summed E-state index contributed by atoms with van der Waals surface area (Å²) >= 11 is 1.50. The highest BCUT2D eigenvalue weighted by atomic mass is 32.2. The predicted octanol–water partition coefficient (Wildman–Crippen LogP) is 3.36. The first-order valence-electron chi connectivity index (χ1n) is 5.96. The minimum atomic E-state index is -3.84. The van der Waals surface area contributed by atoms with Crippen LogP contribution in [0.1, 0.15) is 0 Å². The molecule has 2 aromatic carbocycles. The molecule has 0 aromatic heterocycles. The summed E-state index contributed by atoms with van der Waals surface area (Å²) in [6.07, 6.45) is 1.90. The number of sulfonamides is 1. The molecule has 0 radical (unpaired) electrons. The molecule has 0 atom stereocenters. The zero-order chi connectivity index (χ0) is 15.5. The van der Waals surface area contributed by atoms with Crippen LogP contribution in [0.3, 0.4) is 0 Å². The molecule has 0 aliphatic rings. The van der Waals surface area contributed by atoms with E-state index in [1.807, 2.05) is 12.3 Å². The molecular formula is C14H14FNO3S2. The van der Waals surface area contributed by atoms with E-state index in [0.29, 0.717) is 5.69 Å². The van der Waals surface area contributed by atoms with Crippen LogP contribution in [0.25, 0.3) is 0 Å². The van der Waals surface area contributed by atoms with Gasteiger partial charge in [0, 0.05) is 10.6 Å². The Hall–Kier alpha value is -1.73. The molecule has 0 spiro atoms. The van der Waals surface area contributed by atoms with E-state index < -0.39 is 15.8 Å². The van der Waals surface area contributed by atoms with Crippen molar-refractivity contribution in [3.8, 4) is 5.75 Å². The molecule has 0 heterocycles. The van der Waals surface area contributed by atoms with Gasteiger partial charge in [0.25, 0.3) is 10.0 Å². The molecular weight excluding hydrogens is 313 g/mol. The number of nitrogens with one attached hydrogen (secondary N) is 1. The van der Waals surface area contributed by atoms with Crippen molar-refractivity contribution < 1.29 is 17.5 Å². The van der Waals surface area contributed by atoms with Gasteiger partial charge in [0.15, 0.2) is 11.6 Å². The fourth-order valence-corrected chi connectivity index (χ4v) is 3.24. The van der Waals surface area contributed by atoms with E-state index in [-0.39, 0.29) is 10.6 Å². The number of anilines is 1. The first kappa shape index (κ1) is 15.7. The van der Waals surface area contributed by atoms with Crippen molar-refractivity contribution >= 4 is 27.5 Å². The Kier molecular flexibility index (Phi) is 4.74. The summed E-state index contributed by atoms with van der Waals surface area (Å²) in [6, 6.07) is 10.5. The number of rotatable bonds is 5. The summed E-state index contributed by atoms with van der Waals surface area (Å²) in [4.78, 5) is 0.770. The first-order chi connectivity index (χ1) is 9.96. The van der Waals surface area contributed by atoms with Crippen molar-refractivity contribution in [1.29, 1.82) is 0 Å². The maximum atomic E-state index is 13.6. The molecule has 7 heteroatoms. The minimum Gasteiger partial charge on any atom is -0.494 e. The van der Waals surface area contributed by atoms with Crippen molar-refractivity contribution in [3.63, 3.8) is 0 Å². The smallest absolute Gasteiger partial charge is 0.262 e. The number of hydrogen-bond acceptors (Lipinski definition) is 4. The van der Waals surface area contributed by atoms with Gasteiger partial charge in [-0.25, -0.2) is 12.8 Å². The number of ether oxygens (including phenoxy) is 1. The van der Waals surface area contributed by atoms with Crippen LogP contribution in [0.4, 0.5) is 10.1 Å². The summed E-state index contributed by atoms with van der Waals surface area (Å²) in [5, 5.41) is 0. The van der Waals surface area contributed by atoms with Gasteiger partial charge in [-0.15, -0.1) is 11.8 Å². The number of hydrogen-bond donors (Lipinski definition) is 1. The van der Waals surface area contributed by atoms with Crippen LogP contribution in [0.2, 0.25) is 0 Å². The normalized spacial score (nSPS) is 11.2. The second-order valence-corrected chi connectivity index (χ2v) is 6.70. The zero-order valence-corrected chi connectivity index (χ0v) is 13.1. The topological polar surface area (TPSA) is 55.4 Å². The van der Waals surface area contributed by atoms with E-state index in [0.717, 1.165) is 11.0 Å². The maximum absolute atomic E-state index is 13.6. The van der Waals surface area contributed by atoms with Crippen LogP contribution in [-0.4, -0.2) is 21.8 Å². The van der Waals surface area contributed by atoms with Gasteiger partial charge in [-0.3, -0.25) is 4.72 Å². The number of halogens is 1. The molecule has 2 aromatic rings. The van der Waals surface area contributed by atoms with Gasteiger partial charge < -0.3 is 4.74 Å². The Morgan fingerprint density at radius 1 is 1.19 bits per heavy atom. The molecule has 4 nitrogen and oxygen atoms in total. The standard InChI is InChI=1S/C14H14FNO3S2/c1-19-14-7-6-12(9-13(14)15)21(17,18)16-10-4-3-5-11(8-10)20-2/h3-9,16H,1-2H3. The summed E-state index contributed by atoms with van der Waals surface area (Å²) < 4.78 is 45.3. The molecule has 0 saturated carbocycles. The highest BCUT2D eigenvalue weighted by Gasteiger charge is 2.17. The molecule has 0 amide bonds. The highest BCUT2D eigenvalue weighted by Crippen LogP contribution is 2.24. The monoisotopic (exact) mass is 327 g/mol. The zero-order valence-electron chi connectivity index (χ0n) is 11.5. The summed E-state index contributed by atoms with van der Waals surface area (Å²) in [7, 11) is -2.52. The van der Waals surface area contributed by atoms with E-state index in [2.05, 4.69) is 4.72 Å². The van der Waals surface area contributed by atoms with Gasteiger partial charge in [-0.05, 0) is 42.7 Å². The highest BCUT2D eigenvalue weighted by molar-refractivity contribution is 7.98. The Morgan fingerprint density at radius 2 is 1.95 bits per heavy atom. The Bertz CT molecular complexity index is 748. The summed E-state index contributed by atoms with van der Waals surface area (Å²) in [5.41, 5.74) is 0.429. The lowest BCUT2D eigenvalue weighted by Gasteiger charge is -2.10. The molecule has 2 rings (SSSR count). The predicted molar refractivity (Wildman–Crippen MR) is 82.0 cm³/mol. The Balaban J connectivity index is 2.31. The molecule has 0 unspecified atom stereocenters. The lowest BCUT2D eigenvalue weighted by atomic mass is 10.3. The fourth-order valence-electron chi connectivity index (χ4n) is 1.71. The molecule has 0 saturated heterocycles. The fraction of sp³-hybridized carbons (Fsp3) is 0.143. The molecule has 0 aliphatic heterocycles. The molecule has 0 aliphatic carbocycles. The van der Waals surface area contributed by atoms with Crippen LogP contribution in [-0.2, 0) is 10.0 Å². The van der Waals surface area contributed by atoms with Crippen molar-refractivity contribution in [2.75, 3.05) is 18.1 Å². The lowest BCUT2D eigenvalue weighted by Crippen LogP contribution is -2.13. The number of methoxy groups -OCH3 is 1. The van der Waals surface area contributed by atoms with Crippen LogP contribution >= 0.6 is 11.8 Å². The third-order valence-corrected chi connectivity index (χ3v) is 4.86. The summed E-state index contributed by atoms with van der Waals surface area (Å²) in [5.74, 6) is -0.725. The molecule has 1 N–H and O–H groups in total. The van der Waals surface area contributed by atoms with Crippen molar-refractivity contribution in [2.45, 2.75) is 9.79 Å².